The van der Waals surface area contributed by atoms with Crippen molar-refractivity contribution >= 4 is 32.6 Å². The molecule has 1 saturated heterocycles. The third-order valence-corrected chi connectivity index (χ3v) is 7.52. The van der Waals surface area contributed by atoms with Crippen LogP contribution in [0, 0.1) is 5.92 Å². The highest BCUT2D eigenvalue weighted by molar-refractivity contribution is 7.89. The van der Waals surface area contributed by atoms with Gasteiger partial charge in [0.15, 0.2) is 0 Å². The molecule has 3 unspecified atom stereocenters. The maximum atomic E-state index is 13.2. The molecule has 4 N–H and O–H groups in total. The highest BCUT2D eigenvalue weighted by atomic mass is 32.2. The van der Waals surface area contributed by atoms with Gasteiger partial charge >= 0.3 is 0 Å². The van der Waals surface area contributed by atoms with Crippen LogP contribution in [-0.2, 0) is 19.6 Å². The number of aliphatic hydroxyl groups is 1. The monoisotopic (exact) mass is 455 g/mol. The molecule has 0 spiro atoms. The van der Waals surface area contributed by atoms with Crippen molar-refractivity contribution in [3.8, 4) is 0 Å². The van der Waals surface area contributed by atoms with Crippen LogP contribution in [0.4, 0.5) is 0 Å². The molecule has 2 amide bonds. The normalized spacial score (nSPS) is 21.7. The van der Waals surface area contributed by atoms with Gasteiger partial charge in [0.05, 0.1) is 11.5 Å². The number of aliphatic hydroxyl groups excluding tert-OH is 1. The highest BCUT2D eigenvalue weighted by Gasteiger charge is 2.40. The van der Waals surface area contributed by atoms with Gasteiger partial charge in [-0.1, -0.05) is 48.6 Å². The van der Waals surface area contributed by atoms with Crippen LogP contribution in [0.3, 0.4) is 0 Å². The Bertz CT molecular complexity index is 1220. The Hall–Kier alpha value is -3.01. The third kappa shape index (κ3) is 4.32. The minimum absolute atomic E-state index is 0.0206. The number of allylic oxidation sites excluding steroid dienone is 3. The molecule has 2 aromatic carbocycles. The van der Waals surface area contributed by atoms with E-state index in [2.05, 4.69) is 4.72 Å². The SMILES string of the molecule is NC(=O)C1CC2CC=CC=C2CN1C(=O)C(CO)NS(=O)(=O)c1ccc2ccccc2c1. The number of sulfonamides is 1. The summed E-state index contributed by atoms with van der Waals surface area (Å²) in [6.45, 7) is -0.592. The zero-order valence-electron chi connectivity index (χ0n) is 17.3. The van der Waals surface area contributed by atoms with Crippen LogP contribution in [-0.4, -0.2) is 55.5 Å². The predicted molar refractivity (Wildman–Crippen MR) is 120 cm³/mol. The van der Waals surface area contributed by atoms with E-state index in [0.717, 1.165) is 22.8 Å². The molecule has 1 aliphatic heterocycles. The van der Waals surface area contributed by atoms with E-state index in [1.165, 1.54) is 17.0 Å². The summed E-state index contributed by atoms with van der Waals surface area (Å²) in [6, 6.07) is 9.63. The van der Waals surface area contributed by atoms with Crippen molar-refractivity contribution in [3.05, 3.63) is 66.3 Å². The number of nitrogens with zero attached hydrogens (tertiary/aromatic N) is 1. The summed E-state index contributed by atoms with van der Waals surface area (Å²) < 4.78 is 28.2. The second-order valence-electron chi connectivity index (χ2n) is 8.09. The smallest absolute Gasteiger partial charge is 0.244 e. The van der Waals surface area contributed by atoms with Gasteiger partial charge in [-0.25, -0.2) is 8.42 Å². The minimum Gasteiger partial charge on any atom is -0.394 e. The van der Waals surface area contributed by atoms with E-state index in [1.54, 1.807) is 18.2 Å². The highest BCUT2D eigenvalue weighted by Crippen LogP contribution is 2.33. The first-order valence-electron chi connectivity index (χ1n) is 10.4. The topological polar surface area (TPSA) is 130 Å². The van der Waals surface area contributed by atoms with Crippen molar-refractivity contribution < 1.29 is 23.1 Å². The molecule has 1 aliphatic carbocycles. The van der Waals surface area contributed by atoms with Crippen LogP contribution in [0.25, 0.3) is 10.8 Å². The number of piperidine rings is 1. The Morgan fingerprint density at radius 3 is 2.66 bits per heavy atom. The summed E-state index contributed by atoms with van der Waals surface area (Å²) in [4.78, 5) is 26.6. The summed E-state index contributed by atoms with van der Waals surface area (Å²) >= 11 is 0. The van der Waals surface area contributed by atoms with Gasteiger partial charge in [0.1, 0.15) is 12.1 Å². The number of benzene rings is 2. The van der Waals surface area contributed by atoms with E-state index in [4.69, 9.17) is 5.73 Å². The summed E-state index contributed by atoms with van der Waals surface area (Å²) in [7, 11) is -4.11. The second kappa shape index (κ2) is 8.85. The fourth-order valence-electron chi connectivity index (χ4n) is 4.31. The van der Waals surface area contributed by atoms with Gasteiger partial charge in [-0.15, -0.1) is 0 Å². The van der Waals surface area contributed by atoms with Crippen molar-refractivity contribution in [1.82, 2.24) is 9.62 Å². The molecule has 8 nitrogen and oxygen atoms in total. The first-order valence-corrected chi connectivity index (χ1v) is 11.9. The van der Waals surface area contributed by atoms with Gasteiger partial charge in [0, 0.05) is 6.54 Å². The number of carbonyl (C=O) groups excluding carboxylic acids is 2. The fraction of sp³-hybridized carbons (Fsp3) is 0.304. The summed E-state index contributed by atoms with van der Waals surface area (Å²) in [5, 5.41) is 11.5. The number of nitrogens with one attached hydrogen (secondary N) is 1. The van der Waals surface area contributed by atoms with Gasteiger partial charge < -0.3 is 15.7 Å². The maximum Gasteiger partial charge on any atom is 0.244 e. The van der Waals surface area contributed by atoms with Crippen molar-refractivity contribution in [1.29, 1.82) is 0 Å². The van der Waals surface area contributed by atoms with Gasteiger partial charge in [0.2, 0.25) is 21.8 Å². The van der Waals surface area contributed by atoms with Crippen molar-refractivity contribution in [2.75, 3.05) is 13.2 Å². The molecule has 2 aromatic rings. The largest absolute Gasteiger partial charge is 0.394 e. The van der Waals surface area contributed by atoms with Crippen LogP contribution in [0.15, 0.2) is 71.2 Å². The molecule has 2 aliphatic rings. The maximum absolute atomic E-state index is 13.2. The zero-order valence-corrected chi connectivity index (χ0v) is 18.2. The Balaban J connectivity index is 1.58. The lowest BCUT2D eigenvalue weighted by Gasteiger charge is -2.41. The number of primary amides is 1. The van der Waals surface area contributed by atoms with E-state index in [1.807, 2.05) is 30.4 Å². The first kappa shape index (κ1) is 22.2. The lowest BCUT2D eigenvalue weighted by atomic mass is 9.81. The molecular formula is C23H25N3O5S. The second-order valence-corrected chi connectivity index (χ2v) is 9.80. The molecule has 0 bridgehead atoms. The molecule has 9 heteroatoms. The van der Waals surface area contributed by atoms with E-state index < -0.39 is 40.5 Å². The Labute approximate surface area is 186 Å². The summed E-state index contributed by atoms with van der Waals surface area (Å²) in [5.41, 5.74) is 6.54. The van der Waals surface area contributed by atoms with Crippen LogP contribution in [0.5, 0.6) is 0 Å². The fourth-order valence-corrected chi connectivity index (χ4v) is 5.53. The molecule has 168 valence electrons. The lowest BCUT2D eigenvalue weighted by molar-refractivity contribution is -0.142. The van der Waals surface area contributed by atoms with Crippen molar-refractivity contribution in [3.63, 3.8) is 0 Å². The van der Waals surface area contributed by atoms with Crippen LogP contribution < -0.4 is 10.5 Å². The minimum atomic E-state index is -4.11. The number of fused-ring (bicyclic) bond motifs is 2. The molecule has 4 rings (SSSR count). The van der Waals surface area contributed by atoms with Crippen LogP contribution >= 0.6 is 0 Å². The summed E-state index contributed by atoms with van der Waals surface area (Å²) in [5.74, 6) is -1.22. The van der Waals surface area contributed by atoms with Gasteiger partial charge in [-0.3, -0.25) is 9.59 Å². The quantitative estimate of drug-likeness (QED) is 0.600. The molecule has 32 heavy (non-hydrogen) atoms. The molecule has 0 radical (unpaired) electrons. The average Bonchev–Trinajstić information content (AvgIpc) is 2.80. The summed E-state index contributed by atoms with van der Waals surface area (Å²) in [6.07, 6.45) is 6.92. The van der Waals surface area contributed by atoms with E-state index >= 15 is 0 Å². The van der Waals surface area contributed by atoms with E-state index in [-0.39, 0.29) is 17.4 Å². The Morgan fingerprint density at radius 1 is 1.19 bits per heavy atom. The van der Waals surface area contributed by atoms with Crippen LogP contribution in [0.1, 0.15) is 12.8 Å². The number of amides is 2. The van der Waals surface area contributed by atoms with Gasteiger partial charge in [0.25, 0.3) is 0 Å². The molecule has 0 saturated carbocycles. The molecule has 1 fully saturated rings. The molecular weight excluding hydrogens is 430 g/mol. The number of carbonyl (C=O) groups is 2. The lowest BCUT2D eigenvalue weighted by Crippen LogP contribution is -2.59. The zero-order chi connectivity index (χ0) is 22.9. The van der Waals surface area contributed by atoms with Gasteiger partial charge in [-0.05, 0) is 47.2 Å². The molecule has 0 aromatic heterocycles. The van der Waals surface area contributed by atoms with Crippen LogP contribution in [0.2, 0.25) is 0 Å². The molecule has 1 heterocycles. The number of hydrogen-bond donors (Lipinski definition) is 3. The predicted octanol–water partition coefficient (Wildman–Crippen LogP) is 1.07. The number of rotatable bonds is 6. The first-order chi connectivity index (χ1) is 15.3. The number of hydrogen-bond acceptors (Lipinski definition) is 5. The Morgan fingerprint density at radius 2 is 1.94 bits per heavy atom. The number of nitrogens with two attached hydrogens (primary N) is 1. The number of likely N-dealkylation sites (tertiary alicyclic amines) is 1. The van der Waals surface area contributed by atoms with Gasteiger partial charge in [-0.2, -0.15) is 4.72 Å². The molecule has 3 atom stereocenters. The standard InChI is InChI=1S/C23H25N3O5S/c24-22(28)21-12-17-7-3-4-8-18(17)13-26(21)23(29)20(14-27)25-32(30,31)19-10-9-15-5-1-2-6-16(15)11-19/h1-6,8-11,17,20-21,25,27H,7,12-14H2,(H2,24,28). The van der Waals surface area contributed by atoms with Crippen molar-refractivity contribution in [2.45, 2.75) is 29.8 Å². The van der Waals surface area contributed by atoms with Crippen molar-refractivity contribution in [2.24, 2.45) is 11.7 Å². The third-order valence-electron chi connectivity index (χ3n) is 6.05. The Kier molecular flexibility index (Phi) is 6.14. The van der Waals surface area contributed by atoms with E-state index in [9.17, 15) is 23.1 Å². The average molecular weight is 456 g/mol. The van der Waals surface area contributed by atoms with E-state index in [0.29, 0.717) is 6.42 Å².